The molecule has 0 radical (unpaired) electrons. The summed E-state index contributed by atoms with van der Waals surface area (Å²) in [7, 11) is 0. The Hall–Kier alpha value is -1.66. The van der Waals surface area contributed by atoms with Gasteiger partial charge in [0.2, 0.25) is 5.91 Å². The van der Waals surface area contributed by atoms with Crippen LogP contribution in [0.1, 0.15) is 25.3 Å². The first-order valence-corrected chi connectivity index (χ1v) is 8.00. The van der Waals surface area contributed by atoms with E-state index < -0.39 is 12.0 Å². The van der Waals surface area contributed by atoms with Crippen molar-refractivity contribution in [2.75, 3.05) is 26.2 Å². The van der Waals surface area contributed by atoms with Gasteiger partial charge in [-0.05, 0) is 30.5 Å². The number of carbonyl (C=O) groups is 2. The van der Waals surface area contributed by atoms with E-state index in [1.807, 2.05) is 11.8 Å². The summed E-state index contributed by atoms with van der Waals surface area (Å²) in [6.07, 6.45) is 1.47. The number of benzene rings is 1. The van der Waals surface area contributed by atoms with Crippen LogP contribution in [0.3, 0.4) is 0 Å². The molecule has 5 nitrogen and oxygen atoms in total. The smallest absolute Gasteiger partial charge is 0.320 e. The van der Waals surface area contributed by atoms with Gasteiger partial charge in [0.15, 0.2) is 0 Å². The normalized spacial score (nSPS) is 16.8. The van der Waals surface area contributed by atoms with Gasteiger partial charge >= 0.3 is 5.97 Å². The van der Waals surface area contributed by atoms with E-state index in [0.29, 0.717) is 38.2 Å². The van der Waals surface area contributed by atoms with E-state index in [1.165, 1.54) is 12.1 Å². The predicted molar refractivity (Wildman–Crippen MR) is 91.8 cm³/mol. The van der Waals surface area contributed by atoms with Crippen molar-refractivity contribution >= 4 is 24.3 Å². The average molecular weight is 359 g/mol. The molecule has 24 heavy (non-hydrogen) atoms. The molecule has 1 saturated heterocycles. The van der Waals surface area contributed by atoms with Crippen molar-refractivity contribution in [2.24, 2.45) is 0 Å². The minimum Gasteiger partial charge on any atom is -0.480 e. The Morgan fingerprint density at radius 3 is 2.62 bits per heavy atom. The van der Waals surface area contributed by atoms with Gasteiger partial charge in [0.05, 0.1) is 6.42 Å². The number of halogens is 2. The van der Waals surface area contributed by atoms with Crippen LogP contribution in [-0.4, -0.2) is 59.0 Å². The minimum atomic E-state index is -0.813. The van der Waals surface area contributed by atoms with Crippen molar-refractivity contribution in [3.8, 4) is 0 Å². The predicted octanol–water partition coefficient (Wildman–Crippen LogP) is 2.19. The Morgan fingerprint density at radius 1 is 1.25 bits per heavy atom. The fraction of sp³-hybridized carbons (Fsp3) is 0.529. The van der Waals surface area contributed by atoms with Crippen LogP contribution >= 0.6 is 12.4 Å². The van der Waals surface area contributed by atoms with E-state index in [9.17, 15) is 19.1 Å². The standard InChI is InChI=1S/C17H23FN2O3.ClH/c1-2-15(17(22)23)19-7-4-8-20(10-9-19)16(21)12-13-5-3-6-14(18)11-13;/h3,5-6,11,15H,2,4,7-10,12H2,1H3,(H,22,23);1H. The monoisotopic (exact) mass is 358 g/mol. The summed E-state index contributed by atoms with van der Waals surface area (Å²) in [5, 5.41) is 9.26. The highest BCUT2D eigenvalue weighted by Gasteiger charge is 2.27. The van der Waals surface area contributed by atoms with Gasteiger partial charge in [-0.2, -0.15) is 0 Å². The second-order valence-electron chi connectivity index (χ2n) is 5.84. The third-order valence-corrected chi connectivity index (χ3v) is 4.24. The van der Waals surface area contributed by atoms with Crippen LogP contribution in [0.2, 0.25) is 0 Å². The Bertz CT molecular complexity index is 571. The average Bonchev–Trinajstić information content (AvgIpc) is 2.74. The highest BCUT2D eigenvalue weighted by atomic mass is 35.5. The molecule has 1 amide bonds. The van der Waals surface area contributed by atoms with E-state index in [-0.39, 0.29) is 30.6 Å². The lowest BCUT2D eigenvalue weighted by Crippen LogP contribution is -2.43. The van der Waals surface area contributed by atoms with Gasteiger partial charge in [-0.3, -0.25) is 14.5 Å². The molecule has 1 fully saturated rings. The molecule has 2 rings (SSSR count). The van der Waals surface area contributed by atoms with E-state index in [1.54, 1.807) is 17.0 Å². The van der Waals surface area contributed by atoms with E-state index in [4.69, 9.17) is 0 Å². The highest BCUT2D eigenvalue weighted by Crippen LogP contribution is 2.12. The molecule has 0 aliphatic carbocycles. The number of hydrogen-bond donors (Lipinski definition) is 1. The lowest BCUT2D eigenvalue weighted by molar-refractivity contribution is -0.143. The summed E-state index contributed by atoms with van der Waals surface area (Å²) < 4.78 is 13.2. The molecular weight excluding hydrogens is 335 g/mol. The number of amides is 1. The molecule has 1 aliphatic rings. The molecule has 134 valence electrons. The van der Waals surface area contributed by atoms with Crippen LogP contribution in [0.4, 0.5) is 4.39 Å². The van der Waals surface area contributed by atoms with Crippen LogP contribution in [-0.2, 0) is 16.0 Å². The first-order valence-electron chi connectivity index (χ1n) is 8.00. The Balaban J connectivity index is 0.00000288. The van der Waals surface area contributed by atoms with Crippen molar-refractivity contribution < 1.29 is 19.1 Å². The van der Waals surface area contributed by atoms with Crippen LogP contribution in [0.25, 0.3) is 0 Å². The molecule has 1 N–H and O–H groups in total. The molecule has 1 aromatic carbocycles. The first-order chi connectivity index (χ1) is 11.0. The molecule has 0 aromatic heterocycles. The van der Waals surface area contributed by atoms with Gasteiger partial charge in [-0.1, -0.05) is 19.1 Å². The number of carboxylic acid groups (broad SMARTS) is 1. The Morgan fingerprint density at radius 2 is 2.00 bits per heavy atom. The summed E-state index contributed by atoms with van der Waals surface area (Å²) in [6.45, 7) is 4.21. The first kappa shape index (κ1) is 20.4. The van der Waals surface area contributed by atoms with Gasteiger partial charge in [0, 0.05) is 26.2 Å². The minimum absolute atomic E-state index is 0. The summed E-state index contributed by atoms with van der Waals surface area (Å²) in [6, 6.07) is 5.57. The summed E-state index contributed by atoms with van der Waals surface area (Å²) >= 11 is 0. The lowest BCUT2D eigenvalue weighted by atomic mass is 10.1. The molecular formula is C17H24ClFN2O3. The van der Waals surface area contributed by atoms with Gasteiger partial charge in [0.1, 0.15) is 11.9 Å². The molecule has 1 atom stereocenters. The molecule has 1 aliphatic heterocycles. The number of aliphatic carboxylic acids is 1. The zero-order valence-corrected chi connectivity index (χ0v) is 14.6. The van der Waals surface area contributed by atoms with Crippen molar-refractivity contribution in [3.05, 3.63) is 35.6 Å². The number of nitrogens with zero attached hydrogens (tertiary/aromatic N) is 2. The number of carboxylic acids is 1. The van der Waals surface area contributed by atoms with Crippen molar-refractivity contribution in [1.29, 1.82) is 0 Å². The van der Waals surface area contributed by atoms with E-state index in [2.05, 4.69) is 0 Å². The fourth-order valence-electron chi connectivity index (χ4n) is 3.02. The van der Waals surface area contributed by atoms with Crippen LogP contribution in [0.15, 0.2) is 24.3 Å². The third kappa shape index (κ3) is 5.46. The SMILES string of the molecule is CCC(C(=O)O)N1CCCN(C(=O)Cc2cccc(F)c2)CC1.Cl. The maximum absolute atomic E-state index is 13.2. The number of hydrogen-bond acceptors (Lipinski definition) is 3. The van der Waals surface area contributed by atoms with Gasteiger partial charge in [-0.25, -0.2) is 4.39 Å². The topological polar surface area (TPSA) is 60.9 Å². The van der Waals surface area contributed by atoms with Crippen molar-refractivity contribution in [1.82, 2.24) is 9.80 Å². The summed E-state index contributed by atoms with van der Waals surface area (Å²) in [5.41, 5.74) is 0.660. The van der Waals surface area contributed by atoms with Crippen LogP contribution in [0.5, 0.6) is 0 Å². The van der Waals surface area contributed by atoms with Gasteiger partial charge in [-0.15, -0.1) is 12.4 Å². The number of rotatable bonds is 5. The largest absolute Gasteiger partial charge is 0.480 e. The van der Waals surface area contributed by atoms with Crippen molar-refractivity contribution in [3.63, 3.8) is 0 Å². The molecule has 7 heteroatoms. The summed E-state index contributed by atoms with van der Waals surface area (Å²) in [5.74, 6) is -1.20. The maximum atomic E-state index is 13.2. The quantitative estimate of drug-likeness (QED) is 0.876. The maximum Gasteiger partial charge on any atom is 0.320 e. The Labute approximate surface area is 147 Å². The molecule has 1 aromatic rings. The van der Waals surface area contributed by atoms with Crippen LogP contribution < -0.4 is 0 Å². The van der Waals surface area contributed by atoms with E-state index in [0.717, 1.165) is 6.42 Å². The third-order valence-electron chi connectivity index (χ3n) is 4.24. The van der Waals surface area contributed by atoms with Crippen LogP contribution in [0, 0.1) is 5.82 Å². The fourth-order valence-corrected chi connectivity index (χ4v) is 3.02. The molecule has 0 bridgehead atoms. The summed E-state index contributed by atoms with van der Waals surface area (Å²) in [4.78, 5) is 27.3. The van der Waals surface area contributed by atoms with Crippen molar-refractivity contribution in [2.45, 2.75) is 32.2 Å². The lowest BCUT2D eigenvalue weighted by Gasteiger charge is -2.26. The molecule has 0 spiro atoms. The van der Waals surface area contributed by atoms with Gasteiger partial charge in [0.25, 0.3) is 0 Å². The zero-order chi connectivity index (χ0) is 16.8. The zero-order valence-electron chi connectivity index (χ0n) is 13.8. The second kappa shape index (κ2) is 9.59. The Kier molecular flexibility index (Phi) is 8.15. The number of carbonyl (C=O) groups excluding carboxylic acids is 1. The highest BCUT2D eigenvalue weighted by molar-refractivity contribution is 5.85. The van der Waals surface area contributed by atoms with E-state index >= 15 is 0 Å². The second-order valence-corrected chi connectivity index (χ2v) is 5.84. The molecule has 1 heterocycles. The molecule has 0 saturated carbocycles. The van der Waals surface area contributed by atoms with Gasteiger partial charge < -0.3 is 10.0 Å². The molecule has 1 unspecified atom stereocenters.